The Bertz CT molecular complexity index is 689. The zero-order valence-corrected chi connectivity index (χ0v) is 9.67. The summed E-state index contributed by atoms with van der Waals surface area (Å²) < 4.78 is 0. The lowest BCUT2D eigenvalue weighted by atomic mass is 10.0. The molecule has 0 atom stereocenters. The Morgan fingerprint density at radius 1 is 1.06 bits per heavy atom. The molecule has 0 spiro atoms. The molecule has 0 unspecified atom stereocenters. The van der Waals surface area contributed by atoms with Crippen molar-refractivity contribution in [1.29, 1.82) is 0 Å². The van der Waals surface area contributed by atoms with Gasteiger partial charge < -0.3 is 5.43 Å². The predicted molar refractivity (Wildman–Crippen MR) is 72.8 cm³/mol. The van der Waals surface area contributed by atoms with Crippen LogP contribution in [0.15, 0.2) is 55.0 Å². The average molecular weight is 236 g/mol. The number of benzene rings is 1. The number of nitrogens with two attached hydrogens (primary N) is 1. The Hall–Kier alpha value is -2.46. The molecular formula is C14H12N4. The molecule has 2 aromatic heterocycles. The van der Waals surface area contributed by atoms with E-state index in [-0.39, 0.29) is 0 Å². The van der Waals surface area contributed by atoms with Crippen LogP contribution < -0.4 is 11.3 Å². The molecule has 0 amide bonds. The molecule has 0 aliphatic heterocycles. The van der Waals surface area contributed by atoms with Crippen LogP contribution in [0.4, 0.5) is 5.69 Å². The molecule has 3 rings (SSSR count). The van der Waals surface area contributed by atoms with Crippen molar-refractivity contribution in [2.24, 2.45) is 5.84 Å². The quantitative estimate of drug-likeness (QED) is 0.530. The van der Waals surface area contributed by atoms with Crippen LogP contribution in [0.5, 0.6) is 0 Å². The number of hydrazine groups is 1. The minimum absolute atomic E-state index is 0.834. The summed E-state index contributed by atoms with van der Waals surface area (Å²) in [6, 6.07) is 11.8. The van der Waals surface area contributed by atoms with Crippen molar-refractivity contribution in [2.75, 3.05) is 5.43 Å². The molecule has 1 aromatic carbocycles. The first-order chi connectivity index (χ1) is 8.88. The lowest BCUT2D eigenvalue weighted by Crippen LogP contribution is -2.06. The number of rotatable bonds is 2. The van der Waals surface area contributed by atoms with Crippen molar-refractivity contribution in [3.05, 3.63) is 55.0 Å². The van der Waals surface area contributed by atoms with E-state index in [0.717, 1.165) is 27.7 Å². The number of nitrogens with zero attached hydrogens (tertiary/aromatic N) is 2. The highest BCUT2D eigenvalue weighted by Crippen LogP contribution is 2.27. The summed E-state index contributed by atoms with van der Waals surface area (Å²) in [6.45, 7) is 0. The minimum atomic E-state index is 0.834. The number of hydrogen-bond acceptors (Lipinski definition) is 4. The van der Waals surface area contributed by atoms with Gasteiger partial charge in [0.15, 0.2) is 0 Å². The van der Waals surface area contributed by atoms with Gasteiger partial charge in [0.2, 0.25) is 0 Å². The van der Waals surface area contributed by atoms with Gasteiger partial charge in [-0.3, -0.25) is 15.8 Å². The molecule has 0 saturated heterocycles. The van der Waals surface area contributed by atoms with Crippen LogP contribution in [-0.2, 0) is 0 Å². The van der Waals surface area contributed by atoms with E-state index in [2.05, 4.69) is 21.5 Å². The molecule has 0 fully saturated rings. The van der Waals surface area contributed by atoms with Crippen molar-refractivity contribution in [3.63, 3.8) is 0 Å². The lowest BCUT2D eigenvalue weighted by molar-refractivity contribution is 1.28. The Morgan fingerprint density at radius 2 is 2.00 bits per heavy atom. The zero-order valence-electron chi connectivity index (χ0n) is 9.67. The van der Waals surface area contributed by atoms with E-state index in [1.54, 1.807) is 12.4 Å². The van der Waals surface area contributed by atoms with Crippen LogP contribution in [-0.4, -0.2) is 9.97 Å². The zero-order chi connectivity index (χ0) is 12.4. The third-order valence-electron chi connectivity index (χ3n) is 2.89. The first-order valence-corrected chi connectivity index (χ1v) is 5.64. The highest BCUT2D eigenvalue weighted by molar-refractivity contribution is 5.95. The molecule has 0 bridgehead atoms. The molecule has 3 N–H and O–H groups in total. The number of nitrogen functional groups attached to an aromatic ring is 1. The number of hydrogen-bond donors (Lipinski definition) is 2. The van der Waals surface area contributed by atoms with Crippen LogP contribution in [0.1, 0.15) is 0 Å². The Morgan fingerprint density at radius 3 is 2.89 bits per heavy atom. The van der Waals surface area contributed by atoms with Crippen molar-refractivity contribution in [3.8, 4) is 11.3 Å². The Balaban J connectivity index is 2.24. The molecule has 4 heteroatoms. The van der Waals surface area contributed by atoms with Crippen LogP contribution >= 0.6 is 0 Å². The van der Waals surface area contributed by atoms with Crippen LogP contribution in [0.25, 0.3) is 22.0 Å². The molecule has 0 aliphatic rings. The van der Waals surface area contributed by atoms with Crippen LogP contribution in [0.2, 0.25) is 0 Å². The third-order valence-corrected chi connectivity index (χ3v) is 2.89. The molecule has 3 aromatic rings. The van der Waals surface area contributed by atoms with Crippen molar-refractivity contribution in [1.82, 2.24) is 9.97 Å². The van der Waals surface area contributed by atoms with Gasteiger partial charge >= 0.3 is 0 Å². The molecular weight excluding hydrogens is 224 g/mol. The summed E-state index contributed by atoms with van der Waals surface area (Å²) in [6.07, 6.45) is 5.38. The van der Waals surface area contributed by atoms with Gasteiger partial charge in [-0.1, -0.05) is 18.2 Å². The second-order valence-electron chi connectivity index (χ2n) is 3.98. The summed E-state index contributed by atoms with van der Waals surface area (Å²) in [5, 5.41) is 2.23. The minimum Gasteiger partial charge on any atom is -0.324 e. The van der Waals surface area contributed by atoms with E-state index in [0.29, 0.717) is 0 Å². The largest absolute Gasteiger partial charge is 0.324 e. The van der Waals surface area contributed by atoms with Gasteiger partial charge in [-0.25, -0.2) is 0 Å². The van der Waals surface area contributed by atoms with Crippen molar-refractivity contribution >= 4 is 16.5 Å². The second-order valence-corrected chi connectivity index (χ2v) is 3.98. The predicted octanol–water partition coefficient (Wildman–Crippen LogP) is 2.58. The van der Waals surface area contributed by atoms with Crippen molar-refractivity contribution < 1.29 is 0 Å². The maximum absolute atomic E-state index is 5.42. The highest BCUT2D eigenvalue weighted by atomic mass is 15.2. The van der Waals surface area contributed by atoms with E-state index in [1.807, 2.05) is 36.5 Å². The van der Waals surface area contributed by atoms with Gasteiger partial charge in [0.1, 0.15) is 0 Å². The topological polar surface area (TPSA) is 63.8 Å². The Labute approximate surface area is 104 Å². The molecule has 0 aliphatic carbocycles. The van der Waals surface area contributed by atoms with Gasteiger partial charge in [-0.15, -0.1) is 0 Å². The fraction of sp³-hybridized carbons (Fsp3) is 0. The fourth-order valence-electron chi connectivity index (χ4n) is 2.00. The lowest BCUT2D eigenvalue weighted by Gasteiger charge is -2.07. The number of nitrogens with one attached hydrogen (secondary N) is 1. The first kappa shape index (κ1) is 10.7. The number of aromatic nitrogens is 2. The maximum atomic E-state index is 5.42. The maximum Gasteiger partial charge on any atom is 0.0729 e. The SMILES string of the molecule is NNc1ccnc(-c2cccc3ccncc23)c1. The highest BCUT2D eigenvalue weighted by Gasteiger charge is 2.05. The smallest absolute Gasteiger partial charge is 0.0729 e. The normalized spacial score (nSPS) is 10.5. The van der Waals surface area contributed by atoms with E-state index in [9.17, 15) is 0 Å². The molecule has 0 radical (unpaired) electrons. The van der Waals surface area contributed by atoms with Crippen LogP contribution in [0, 0.1) is 0 Å². The van der Waals surface area contributed by atoms with Gasteiger partial charge in [0, 0.05) is 29.5 Å². The monoisotopic (exact) mass is 236 g/mol. The van der Waals surface area contributed by atoms with Gasteiger partial charge in [-0.2, -0.15) is 0 Å². The van der Waals surface area contributed by atoms with Crippen molar-refractivity contribution in [2.45, 2.75) is 0 Å². The van der Waals surface area contributed by atoms with Gasteiger partial charge in [0.25, 0.3) is 0 Å². The summed E-state index contributed by atoms with van der Waals surface area (Å²) in [5.74, 6) is 5.42. The summed E-state index contributed by atoms with van der Waals surface area (Å²) in [4.78, 5) is 8.56. The number of pyridine rings is 2. The molecule has 18 heavy (non-hydrogen) atoms. The number of fused-ring (bicyclic) bond motifs is 1. The van der Waals surface area contributed by atoms with E-state index in [4.69, 9.17) is 5.84 Å². The standard InChI is InChI=1S/C14H12N4/c15-18-11-5-7-17-14(8-11)12-3-1-2-10-4-6-16-9-13(10)12/h1-9H,15H2,(H,17,18). The summed E-state index contributed by atoms with van der Waals surface area (Å²) >= 11 is 0. The Kier molecular flexibility index (Phi) is 2.63. The van der Waals surface area contributed by atoms with E-state index in [1.165, 1.54) is 0 Å². The number of anilines is 1. The fourth-order valence-corrected chi connectivity index (χ4v) is 2.00. The first-order valence-electron chi connectivity index (χ1n) is 5.64. The van der Waals surface area contributed by atoms with Gasteiger partial charge in [-0.05, 0) is 23.6 Å². The van der Waals surface area contributed by atoms with Gasteiger partial charge in [0.05, 0.1) is 11.4 Å². The van der Waals surface area contributed by atoms with E-state index >= 15 is 0 Å². The summed E-state index contributed by atoms with van der Waals surface area (Å²) in [7, 11) is 0. The summed E-state index contributed by atoms with van der Waals surface area (Å²) in [5.41, 5.74) is 5.40. The molecule has 2 heterocycles. The molecule has 88 valence electrons. The molecule has 4 nitrogen and oxygen atoms in total. The third kappa shape index (κ3) is 1.78. The van der Waals surface area contributed by atoms with Crippen LogP contribution in [0.3, 0.4) is 0 Å². The van der Waals surface area contributed by atoms with E-state index < -0.39 is 0 Å². The molecule has 0 saturated carbocycles. The average Bonchev–Trinajstić information content (AvgIpc) is 2.47. The second kappa shape index (κ2) is 4.43.